The summed E-state index contributed by atoms with van der Waals surface area (Å²) in [6.45, 7) is 0. The lowest BCUT2D eigenvalue weighted by molar-refractivity contribution is 0.628. The molecule has 1 aliphatic carbocycles. The van der Waals surface area contributed by atoms with Crippen molar-refractivity contribution < 1.29 is 4.42 Å². The monoisotopic (exact) mass is 830 g/mol. The van der Waals surface area contributed by atoms with Crippen molar-refractivity contribution in [2.75, 3.05) is 0 Å². The third-order valence-electron chi connectivity index (χ3n) is 13.9. The quantitative estimate of drug-likeness (QED) is 0.134. The summed E-state index contributed by atoms with van der Waals surface area (Å²) in [4.78, 5) is 0. The summed E-state index contributed by atoms with van der Waals surface area (Å²) >= 11 is 0. The highest BCUT2D eigenvalue weighted by molar-refractivity contribution is 5.98. The van der Waals surface area contributed by atoms with Gasteiger partial charge in [0.25, 0.3) is 0 Å². The number of para-hydroxylation sites is 1. The van der Waals surface area contributed by atoms with E-state index in [0.717, 1.165) is 35.1 Å². The molecule has 1 nitrogen and oxygen atoms in total. The van der Waals surface area contributed by atoms with Gasteiger partial charge in [-0.2, -0.15) is 0 Å². The Labute approximate surface area is 380 Å². The second kappa shape index (κ2) is 16.3. The first kappa shape index (κ1) is 38.7. The number of hydrogen-bond donors (Lipinski definition) is 0. The van der Waals surface area contributed by atoms with Gasteiger partial charge in [-0.3, -0.25) is 0 Å². The summed E-state index contributed by atoms with van der Waals surface area (Å²) in [5, 5.41) is 3.64. The number of benzene rings is 10. The van der Waals surface area contributed by atoms with E-state index in [9.17, 15) is 0 Å². The van der Waals surface area contributed by atoms with Crippen molar-refractivity contribution >= 4 is 21.7 Å². The van der Waals surface area contributed by atoms with Gasteiger partial charge >= 0.3 is 0 Å². The van der Waals surface area contributed by atoms with Gasteiger partial charge in [-0.05, 0) is 109 Å². The van der Waals surface area contributed by atoms with Crippen LogP contribution < -0.4 is 0 Å². The number of hydrogen-bond acceptors (Lipinski definition) is 1. The van der Waals surface area contributed by atoms with Crippen molar-refractivity contribution in [2.45, 2.75) is 24.2 Å². The molecular formula is C64H46O. The topological polar surface area (TPSA) is 13.1 Å². The van der Waals surface area contributed by atoms with Crippen molar-refractivity contribution in [3.63, 3.8) is 0 Å². The van der Waals surface area contributed by atoms with Crippen molar-refractivity contribution in [1.82, 2.24) is 0 Å². The lowest BCUT2D eigenvalue weighted by Gasteiger charge is -2.33. The molecule has 0 N–H and O–H groups in total. The summed E-state index contributed by atoms with van der Waals surface area (Å²) in [7, 11) is 0. The molecule has 0 amide bonds. The Morgan fingerprint density at radius 3 is 1.54 bits per heavy atom. The molecule has 10 aromatic carbocycles. The Bertz CT molecular complexity index is 3400. The van der Waals surface area contributed by atoms with Gasteiger partial charge < -0.3 is 4.42 Å². The van der Waals surface area contributed by atoms with Crippen LogP contribution in [0.4, 0.5) is 0 Å². The SMILES string of the molecule is c1ccc(-c2ccc(CCC(c3ccc(-c4ccccc4)cc3)c3ccc4cc(-c5ccc6c(c5)C(c5ccccc5)(c5ccccc5)c5c-6oc6ccccc56)ccc4c3)cc2)cc1. The van der Waals surface area contributed by atoms with E-state index in [1.807, 2.05) is 0 Å². The van der Waals surface area contributed by atoms with Gasteiger partial charge in [0.2, 0.25) is 0 Å². The first-order chi connectivity index (χ1) is 32.2. The fourth-order valence-electron chi connectivity index (χ4n) is 10.6. The third kappa shape index (κ3) is 6.80. The zero-order chi connectivity index (χ0) is 43.2. The molecule has 1 unspecified atom stereocenters. The van der Waals surface area contributed by atoms with Gasteiger partial charge in [0.05, 0.1) is 5.41 Å². The van der Waals surface area contributed by atoms with Crippen molar-refractivity contribution in [3.05, 3.63) is 288 Å². The van der Waals surface area contributed by atoms with E-state index in [-0.39, 0.29) is 5.92 Å². The Kier molecular flexibility index (Phi) is 9.68. The fraction of sp³-hybridized carbons (Fsp3) is 0.0625. The standard InChI is InChI=1S/C64H46O/c1-5-15-45(16-6-1)47-28-25-44(26-29-47)27-39-57(49-32-30-48(31-33-49)46-17-7-2-8-18-46)54-37-36-50-41-51(34-35-52(50)42-54)53-38-40-58-60(43-53)64(55-19-9-3-10-20-55,56-21-11-4-12-22-56)62-59-23-13-14-24-61(59)65-63(58)62/h1-26,28-38,40-43,57H,27,39H2. The molecule has 11 aromatic rings. The molecule has 12 rings (SSSR count). The van der Waals surface area contributed by atoms with Crippen LogP contribution in [0.25, 0.3) is 66.4 Å². The van der Waals surface area contributed by atoms with Crippen LogP contribution in [0.5, 0.6) is 0 Å². The van der Waals surface area contributed by atoms with Crippen LogP contribution in [0.2, 0.25) is 0 Å². The van der Waals surface area contributed by atoms with Crippen LogP contribution in [0.1, 0.15) is 51.3 Å². The first-order valence-electron chi connectivity index (χ1n) is 22.8. The van der Waals surface area contributed by atoms with Crippen LogP contribution in [0.3, 0.4) is 0 Å². The van der Waals surface area contributed by atoms with Gasteiger partial charge in [-0.25, -0.2) is 0 Å². The highest BCUT2D eigenvalue weighted by Crippen LogP contribution is 2.59. The van der Waals surface area contributed by atoms with E-state index >= 15 is 0 Å². The average Bonchev–Trinajstić information content (AvgIpc) is 3.91. The molecule has 0 fully saturated rings. The van der Waals surface area contributed by atoms with Crippen molar-refractivity contribution in [3.8, 4) is 44.7 Å². The molecule has 1 heterocycles. The molecule has 0 bridgehead atoms. The number of rotatable bonds is 10. The predicted molar refractivity (Wildman–Crippen MR) is 270 cm³/mol. The number of aryl methyl sites for hydroxylation is 1. The molecule has 65 heavy (non-hydrogen) atoms. The first-order valence-corrected chi connectivity index (χ1v) is 22.8. The maximum Gasteiger partial charge on any atom is 0.140 e. The van der Waals surface area contributed by atoms with E-state index < -0.39 is 5.41 Å². The predicted octanol–water partition coefficient (Wildman–Crippen LogP) is 16.7. The number of furan rings is 1. The molecule has 0 spiro atoms. The summed E-state index contributed by atoms with van der Waals surface area (Å²) in [6.07, 6.45) is 1.99. The van der Waals surface area contributed by atoms with E-state index in [4.69, 9.17) is 4.42 Å². The summed E-state index contributed by atoms with van der Waals surface area (Å²) in [5.74, 6) is 1.19. The smallest absolute Gasteiger partial charge is 0.140 e. The third-order valence-corrected chi connectivity index (χ3v) is 13.9. The molecule has 0 aliphatic heterocycles. The highest BCUT2D eigenvalue weighted by Gasteiger charge is 2.49. The maximum absolute atomic E-state index is 6.79. The zero-order valence-corrected chi connectivity index (χ0v) is 36.1. The van der Waals surface area contributed by atoms with Gasteiger partial charge in [0, 0.05) is 22.4 Å². The van der Waals surface area contributed by atoms with Gasteiger partial charge in [-0.1, -0.05) is 231 Å². The Morgan fingerprint density at radius 2 is 0.877 bits per heavy atom. The van der Waals surface area contributed by atoms with Crippen molar-refractivity contribution in [1.29, 1.82) is 0 Å². The van der Waals surface area contributed by atoms with Gasteiger partial charge in [-0.15, -0.1) is 0 Å². The van der Waals surface area contributed by atoms with Crippen LogP contribution >= 0.6 is 0 Å². The maximum atomic E-state index is 6.79. The number of fused-ring (bicyclic) bond motifs is 6. The van der Waals surface area contributed by atoms with Crippen LogP contribution in [-0.4, -0.2) is 0 Å². The Hall–Kier alpha value is -8.00. The summed E-state index contributed by atoms with van der Waals surface area (Å²) in [5.41, 5.74) is 17.8. The highest BCUT2D eigenvalue weighted by atomic mass is 16.3. The van der Waals surface area contributed by atoms with Crippen LogP contribution in [0.15, 0.2) is 253 Å². The van der Waals surface area contributed by atoms with Crippen LogP contribution in [0, 0.1) is 0 Å². The molecule has 1 aromatic heterocycles. The fourth-order valence-corrected chi connectivity index (χ4v) is 10.6. The second-order valence-corrected chi connectivity index (χ2v) is 17.5. The van der Waals surface area contributed by atoms with E-state index in [2.05, 4.69) is 249 Å². The van der Waals surface area contributed by atoms with E-state index in [1.54, 1.807) is 0 Å². The minimum Gasteiger partial charge on any atom is -0.456 e. The van der Waals surface area contributed by atoms with Gasteiger partial charge in [0.15, 0.2) is 0 Å². The molecule has 1 atom stereocenters. The molecular weight excluding hydrogens is 785 g/mol. The Morgan fingerprint density at radius 1 is 0.385 bits per heavy atom. The normalized spacial score (nSPS) is 13.1. The minimum absolute atomic E-state index is 0.236. The van der Waals surface area contributed by atoms with Crippen LogP contribution in [-0.2, 0) is 11.8 Å². The molecule has 0 saturated heterocycles. The average molecular weight is 831 g/mol. The zero-order valence-electron chi connectivity index (χ0n) is 36.1. The van der Waals surface area contributed by atoms with E-state index in [0.29, 0.717) is 0 Å². The molecule has 0 radical (unpaired) electrons. The van der Waals surface area contributed by atoms with E-state index in [1.165, 1.54) is 83.1 Å². The Balaban J connectivity index is 0.917. The summed E-state index contributed by atoms with van der Waals surface area (Å²) in [6, 6.07) is 91.3. The molecule has 1 aliphatic rings. The summed E-state index contributed by atoms with van der Waals surface area (Å²) < 4.78 is 6.79. The second-order valence-electron chi connectivity index (χ2n) is 17.5. The largest absolute Gasteiger partial charge is 0.456 e. The lowest BCUT2D eigenvalue weighted by Crippen LogP contribution is -2.28. The molecule has 308 valence electrons. The minimum atomic E-state index is -0.556. The van der Waals surface area contributed by atoms with Crippen molar-refractivity contribution in [2.24, 2.45) is 0 Å². The molecule has 1 heteroatoms. The molecule has 0 saturated carbocycles. The van der Waals surface area contributed by atoms with Gasteiger partial charge in [0.1, 0.15) is 11.3 Å². The lowest BCUT2D eigenvalue weighted by atomic mass is 9.67.